The van der Waals surface area contributed by atoms with E-state index < -0.39 is 6.10 Å². The summed E-state index contributed by atoms with van der Waals surface area (Å²) >= 11 is 0. The molecule has 132 valence electrons. The second kappa shape index (κ2) is 7.10. The molecule has 2 aromatic rings. The Kier molecular flexibility index (Phi) is 4.68. The first-order valence-electron chi connectivity index (χ1n) is 9.23. The second-order valence-electron chi connectivity index (χ2n) is 7.29. The van der Waals surface area contributed by atoms with Crippen LogP contribution in [0.3, 0.4) is 0 Å². The number of nitrogens with zero attached hydrogens (tertiary/aromatic N) is 2. The van der Waals surface area contributed by atoms with Crippen LogP contribution in [0.25, 0.3) is 10.9 Å². The van der Waals surface area contributed by atoms with Crippen LogP contribution in [0.5, 0.6) is 0 Å². The number of hydrogen-bond acceptors (Lipinski definition) is 4. The van der Waals surface area contributed by atoms with Crippen LogP contribution in [0, 0.1) is 11.8 Å². The standard InChI is InChI=1S/C20H25N3O2/c24-19-13-23(20(25)15-7-9-21-10-8-15)12-16(19)11-17-6-5-14-3-1-2-4-18(14)22-17/h1-6,15-16,19,21,24H,7-13H2. The van der Waals surface area contributed by atoms with E-state index in [1.54, 1.807) is 0 Å². The third-order valence-electron chi connectivity index (χ3n) is 5.53. The summed E-state index contributed by atoms with van der Waals surface area (Å²) in [6.45, 7) is 2.92. The van der Waals surface area contributed by atoms with E-state index >= 15 is 0 Å². The number of fused-ring (bicyclic) bond motifs is 1. The molecule has 2 fully saturated rings. The third-order valence-corrected chi connectivity index (χ3v) is 5.53. The number of benzene rings is 1. The number of amides is 1. The zero-order valence-electron chi connectivity index (χ0n) is 14.4. The highest BCUT2D eigenvalue weighted by molar-refractivity contribution is 5.79. The number of pyridine rings is 1. The molecular weight excluding hydrogens is 314 g/mol. The van der Waals surface area contributed by atoms with Crippen molar-refractivity contribution in [2.45, 2.75) is 25.4 Å². The summed E-state index contributed by atoms with van der Waals surface area (Å²) in [6.07, 6.45) is 2.06. The van der Waals surface area contributed by atoms with Gasteiger partial charge in [0.15, 0.2) is 0 Å². The minimum absolute atomic E-state index is 0.0688. The van der Waals surface area contributed by atoms with Crippen LogP contribution in [0.2, 0.25) is 0 Å². The van der Waals surface area contributed by atoms with E-state index in [0.29, 0.717) is 19.5 Å². The normalized spacial score (nSPS) is 24.8. The van der Waals surface area contributed by atoms with Crippen molar-refractivity contribution in [1.82, 2.24) is 15.2 Å². The van der Waals surface area contributed by atoms with Gasteiger partial charge in [-0.2, -0.15) is 0 Å². The van der Waals surface area contributed by atoms with Gasteiger partial charge in [-0.15, -0.1) is 0 Å². The molecule has 5 heteroatoms. The first kappa shape index (κ1) is 16.5. The molecular formula is C20H25N3O2. The fourth-order valence-electron chi connectivity index (χ4n) is 4.05. The number of piperidine rings is 1. The van der Waals surface area contributed by atoms with Crippen LogP contribution in [-0.4, -0.2) is 53.2 Å². The SMILES string of the molecule is O=C(C1CCNCC1)N1CC(O)C(Cc2ccc3ccccc3n2)C1. The molecule has 0 aliphatic carbocycles. The molecule has 3 heterocycles. The molecule has 0 saturated carbocycles. The Hall–Kier alpha value is -1.98. The lowest BCUT2D eigenvalue weighted by atomic mass is 9.96. The van der Waals surface area contributed by atoms with Crippen molar-refractivity contribution in [3.05, 3.63) is 42.1 Å². The maximum Gasteiger partial charge on any atom is 0.225 e. The van der Waals surface area contributed by atoms with Crippen molar-refractivity contribution >= 4 is 16.8 Å². The van der Waals surface area contributed by atoms with E-state index in [9.17, 15) is 9.90 Å². The van der Waals surface area contributed by atoms with Crippen molar-refractivity contribution in [2.24, 2.45) is 11.8 Å². The van der Waals surface area contributed by atoms with Crippen LogP contribution < -0.4 is 5.32 Å². The van der Waals surface area contributed by atoms with E-state index in [0.717, 1.165) is 42.5 Å². The molecule has 1 aromatic heterocycles. The van der Waals surface area contributed by atoms with Crippen LogP contribution >= 0.6 is 0 Å². The molecule has 2 saturated heterocycles. The molecule has 2 unspecified atom stereocenters. The molecule has 25 heavy (non-hydrogen) atoms. The molecule has 2 N–H and O–H groups in total. The molecule has 2 aliphatic rings. The van der Waals surface area contributed by atoms with Crippen LogP contribution in [0.15, 0.2) is 36.4 Å². The molecule has 0 bridgehead atoms. The molecule has 5 nitrogen and oxygen atoms in total. The lowest BCUT2D eigenvalue weighted by Crippen LogP contribution is -2.40. The van der Waals surface area contributed by atoms with Gasteiger partial charge in [-0.3, -0.25) is 9.78 Å². The molecule has 1 amide bonds. The number of hydrogen-bond donors (Lipinski definition) is 2. The number of nitrogens with one attached hydrogen (secondary N) is 1. The summed E-state index contributed by atoms with van der Waals surface area (Å²) in [5.41, 5.74) is 1.97. The molecule has 0 radical (unpaired) electrons. The van der Waals surface area contributed by atoms with Crippen molar-refractivity contribution in [2.75, 3.05) is 26.2 Å². The fourth-order valence-corrected chi connectivity index (χ4v) is 4.05. The van der Waals surface area contributed by atoms with E-state index in [-0.39, 0.29) is 17.7 Å². The Balaban J connectivity index is 1.43. The van der Waals surface area contributed by atoms with Gasteiger partial charge in [-0.1, -0.05) is 24.3 Å². The quantitative estimate of drug-likeness (QED) is 0.891. The molecule has 1 aromatic carbocycles. The number of carbonyl (C=O) groups is 1. The number of para-hydroxylation sites is 1. The van der Waals surface area contributed by atoms with Crippen molar-refractivity contribution in [3.8, 4) is 0 Å². The lowest BCUT2D eigenvalue weighted by molar-refractivity contribution is -0.135. The van der Waals surface area contributed by atoms with E-state index in [1.165, 1.54) is 0 Å². The lowest BCUT2D eigenvalue weighted by Gasteiger charge is -2.26. The zero-order chi connectivity index (χ0) is 17.2. The highest BCUT2D eigenvalue weighted by Gasteiger charge is 2.36. The first-order chi connectivity index (χ1) is 12.2. The molecule has 0 spiro atoms. The van der Waals surface area contributed by atoms with E-state index in [2.05, 4.69) is 17.4 Å². The maximum atomic E-state index is 12.7. The summed E-state index contributed by atoms with van der Waals surface area (Å²) < 4.78 is 0. The van der Waals surface area contributed by atoms with Gasteiger partial charge in [-0.05, 0) is 44.5 Å². The summed E-state index contributed by atoms with van der Waals surface area (Å²) in [4.78, 5) is 19.3. The molecule has 2 atom stereocenters. The van der Waals surface area contributed by atoms with Gasteiger partial charge >= 0.3 is 0 Å². The molecule has 2 aliphatic heterocycles. The monoisotopic (exact) mass is 339 g/mol. The molecule has 4 rings (SSSR count). The third kappa shape index (κ3) is 3.53. The topological polar surface area (TPSA) is 65.5 Å². The number of rotatable bonds is 3. The minimum Gasteiger partial charge on any atom is -0.391 e. The predicted molar refractivity (Wildman–Crippen MR) is 97.1 cm³/mol. The number of likely N-dealkylation sites (tertiary alicyclic amines) is 1. The Labute approximate surface area is 148 Å². The van der Waals surface area contributed by atoms with Gasteiger partial charge in [0.2, 0.25) is 5.91 Å². The Morgan fingerprint density at radius 2 is 1.96 bits per heavy atom. The fraction of sp³-hybridized carbons (Fsp3) is 0.500. The zero-order valence-corrected chi connectivity index (χ0v) is 14.4. The van der Waals surface area contributed by atoms with Gasteiger partial charge in [0, 0.05) is 36.0 Å². The second-order valence-corrected chi connectivity index (χ2v) is 7.29. The predicted octanol–water partition coefficient (Wildman–Crippen LogP) is 1.60. The summed E-state index contributed by atoms with van der Waals surface area (Å²) in [5.74, 6) is 0.403. The Morgan fingerprint density at radius 1 is 1.16 bits per heavy atom. The van der Waals surface area contributed by atoms with Crippen molar-refractivity contribution in [1.29, 1.82) is 0 Å². The largest absolute Gasteiger partial charge is 0.391 e. The first-order valence-corrected chi connectivity index (χ1v) is 9.23. The highest BCUT2D eigenvalue weighted by Crippen LogP contribution is 2.25. The number of aliphatic hydroxyl groups is 1. The van der Waals surface area contributed by atoms with Gasteiger partial charge in [-0.25, -0.2) is 0 Å². The van der Waals surface area contributed by atoms with E-state index in [4.69, 9.17) is 4.98 Å². The highest BCUT2D eigenvalue weighted by atomic mass is 16.3. The van der Waals surface area contributed by atoms with Crippen molar-refractivity contribution < 1.29 is 9.90 Å². The number of β-amino-alcohol motifs (C(OH)–C–C–N with tert-alkyl or cyclic N) is 1. The average Bonchev–Trinajstić information content (AvgIpc) is 3.02. The number of aromatic nitrogens is 1. The summed E-state index contributed by atoms with van der Waals surface area (Å²) in [7, 11) is 0. The summed E-state index contributed by atoms with van der Waals surface area (Å²) in [6, 6.07) is 12.2. The number of aliphatic hydroxyl groups excluding tert-OH is 1. The van der Waals surface area contributed by atoms with Gasteiger partial charge < -0.3 is 15.3 Å². The maximum absolute atomic E-state index is 12.7. The van der Waals surface area contributed by atoms with E-state index in [1.807, 2.05) is 29.2 Å². The Bertz CT molecular complexity index is 757. The Morgan fingerprint density at radius 3 is 2.80 bits per heavy atom. The van der Waals surface area contributed by atoms with Crippen molar-refractivity contribution in [3.63, 3.8) is 0 Å². The van der Waals surface area contributed by atoms with Crippen LogP contribution in [-0.2, 0) is 11.2 Å². The smallest absolute Gasteiger partial charge is 0.225 e. The van der Waals surface area contributed by atoms with Gasteiger partial charge in [0.05, 0.1) is 11.6 Å². The van der Waals surface area contributed by atoms with Crippen LogP contribution in [0.4, 0.5) is 0 Å². The minimum atomic E-state index is -0.459. The van der Waals surface area contributed by atoms with Gasteiger partial charge in [0.25, 0.3) is 0 Å². The van der Waals surface area contributed by atoms with Crippen LogP contribution in [0.1, 0.15) is 18.5 Å². The van der Waals surface area contributed by atoms with Gasteiger partial charge in [0.1, 0.15) is 0 Å². The average molecular weight is 339 g/mol. The summed E-state index contributed by atoms with van der Waals surface area (Å²) in [5, 5.41) is 14.9. The number of carbonyl (C=O) groups excluding carboxylic acids is 1.